The molecule has 0 fully saturated rings. The molecule has 274 valence electrons. The number of rotatable bonds is 36. The molecule has 0 aliphatic carbocycles. The van der Waals surface area contributed by atoms with E-state index in [2.05, 4.69) is 25.7 Å². The van der Waals surface area contributed by atoms with Gasteiger partial charge in [-0.05, 0) is 64.0 Å². The fourth-order valence-corrected chi connectivity index (χ4v) is 6.24. The van der Waals surface area contributed by atoms with Crippen molar-refractivity contribution in [3.63, 3.8) is 0 Å². The molecule has 1 N–H and O–H groups in total. The van der Waals surface area contributed by atoms with Crippen molar-refractivity contribution in [2.75, 3.05) is 39.5 Å². The smallest absolute Gasteiger partial charge is 0.308 e. The zero-order valence-corrected chi connectivity index (χ0v) is 31.3. The Morgan fingerprint density at radius 3 is 1.63 bits per heavy atom. The molecule has 0 heterocycles. The van der Waals surface area contributed by atoms with Crippen LogP contribution in [0.1, 0.15) is 195 Å². The van der Waals surface area contributed by atoms with E-state index in [1.54, 1.807) is 0 Å². The maximum Gasteiger partial charge on any atom is 0.308 e. The molecule has 6 heteroatoms. The van der Waals surface area contributed by atoms with Crippen molar-refractivity contribution in [1.29, 1.82) is 0 Å². The molecule has 1 atom stereocenters. The molecule has 0 saturated carbocycles. The van der Waals surface area contributed by atoms with Crippen molar-refractivity contribution >= 4 is 11.9 Å². The number of unbranched alkanes of at least 4 members (excludes halogenated alkanes) is 16. The monoisotopic (exact) mass is 654 g/mol. The zero-order valence-electron chi connectivity index (χ0n) is 31.3. The van der Waals surface area contributed by atoms with Crippen LogP contribution in [0.2, 0.25) is 0 Å². The van der Waals surface area contributed by atoms with Crippen LogP contribution < -0.4 is 0 Å². The van der Waals surface area contributed by atoms with Gasteiger partial charge in [-0.3, -0.25) is 9.59 Å². The van der Waals surface area contributed by atoms with Gasteiger partial charge in [0.2, 0.25) is 0 Å². The Hall–Kier alpha value is -1.14. The van der Waals surface area contributed by atoms with E-state index in [1.165, 1.54) is 96.3 Å². The molecular weight excluding hydrogens is 574 g/mol. The van der Waals surface area contributed by atoms with Crippen molar-refractivity contribution in [1.82, 2.24) is 4.90 Å². The van der Waals surface area contributed by atoms with Gasteiger partial charge >= 0.3 is 11.9 Å². The lowest BCUT2D eigenvalue weighted by Gasteiger charge is -2.22. The van der Waals surface area contributed by atoms with E-state index in [1.807, 2.05) is 6.92 Å². The molecular formula is C40H79NO5. The van der Waals surface area contributed by atoms with E-state index < -0.39 is 0 Å². The van der Waals surface area contributed by atoms with E-state index in [0.717, 1.165) is 89.8 Å². The number of hydrogen-bond acceptors (Lipinski definition) is 6. The second-order valence-electron chi connectivity index (χ2n) is 13.9. The average molecular weight is 654 g/mol. The summed E-state index contributed by atoms with van der Waals surface area (Å²) < 4.78 is 10.9. The summed E-state index contributed by atoms with van der Waals surface area (Å²) in [6.07, 6.45) is 29.7. The average Bonchev–Trinajstić information content (AvgIpc) is 3.06. The van der Waals surface area contributed by atoms with Crippen LogP contribution in [0, 0.1) is 11.8 Å². The summed E-state index contributed by atoms with van der Waals surface area (Å²) in [5.41, 5.74) is 0. The van der Waals surface area contributed by atoms with Gasteiger partial charge in [-0.25, -0.2) is 0 Å². The van der Waals surface area contributed by atoms with Crippen molar-refractivity contribution in [2.24, 2.45) is 11.8 Å². The molecule has 0 aromatic carbocycles. The van der Waals surface area contributed by atoms with Crippen LogP contribution in [-0.2, 0) is 19.1 Å². The fourth-order valence-electron chi connectivity index (χ4n) is 6.24. The van der Waals surface area contributed by atoms with Crippen LogP contribution in [0.3, 0.4) is 0 Å². The third-order valence-electron chi connectivity index (χ3n) is 9.67. The lowest BCUT2D eigenvalue weighted by molar-refractivity contribution is -0.148. The van der Waals surface area contributed by atoms with Crippen LogP contribution in [-0.4, -0.2) is 61.4 Å². The van der Waals surface area contributed by atoms with Gasteiger partial charge in [-0.2, -0.15) is 0 Å². The Morgan fingerprint density at radius 1 is 0.565 bits per heavy atom. The maximum absolute atomic E-state index is 12.3. The number of esters is 2. The molecule has 0 bridgehead atoms. The minimum atomic E-state index is -0.0283. The number of hydrogen-bond donors (Lipinski definition) is 1. The Labute approximate surface area is 286 Å². The molecule has 0 amide bonds. The number of aliphatic hydroxyl groups excluding tert-OH is 1. The Balaban J connectivity index is 3.76. The van der Waals surface area contributed by atoms with Crippen LogP contribution in [0.4, 0.5) is 0 Å². The predicted molar refractivity (Wildman–Crippen MR) is 195 cm³/mol. The second kappa shape index (κ2) is 35.2. The van der Waals surface area contributed by atoms with Crippen LogP contribution in [0.5, 0.6) is 0 Å². The normalized spacial score (nSPS) is 12.2. The molecule has 6 nitrogen and oxygen atoms in total. The highest BCUT2D eigenvalue weighted by Gasteiger charge is 2.14. The Kier molecular flexibility index (Phi) is 34.3. The quantitative estimate of drug-likeness (QED) is 0.0536. The first kappa shape index (κ1) is 44.9. The van der Waals surface area contributed by atoms with E-state index in [4.69, 9.17) is 9.47 Å². The summed E-state index contributed by atoms with van der Waals surface area (Å²) in [5, 5.41) is 9.32. The van der Waals surface area contributed by atoms with Crippen molar-refractivity contribution in [3.05, 3.63) is 0 Å². The summed E-state index contributed by atoms with van der Waals surface area (Å²) in [5.74, 6) is 0.826. The first-order chi connectivity index (χ1) is 22.5. The molecule has 0 aliphatic heterocycles. The minimum absolute atomic E-state index is 0.00327. The van der Waals surface area contributed by atoms with Crippen LogP contribution in [0.25, 0.3) is 0 Å². The first-order valence-electron chi connectivity index (χ1n) is 20.1. The lowest BCUT2D eigenvalue weighted by atomic mass is 9.96. The van der Waals surface area contributed by atoms with Gasteiger partial charge in [-0.15, -0.1) is 0 Å². The van der Waals surface area contributed by atoms with E-state index in [-0.39, 0.29) is 24.5 Å². The third kappa shape index (κ3) is 30.2. The number of ether oxygens (including phenoxy) is 2. The van der Waals surface area contributed by atoms with E-state index >= 15 is 0 Å². The summed E-state index contributed by atoms with van der Waals surface area (Å²) >= 11 is 0. The minimum Gasteiger partial charge on any atom is -0.466 e. The van der Waals surface area contributed by atoms with Crippen molar-refractivity contribution in [2.45, 2.75) is 195 Å². The second-order valence-corrected chi connectivity index (χ2v) is 13.9. The lowest BCUT2D eigenvalue weighted by Crippen LogP contribution is -2.28. The summed E-state index contributed by atoms with van der Waals surface area (Å²) in [4.78, 5) is 26.8. The largest absolute Gasteiger partial charge is 0.466 e. The van der Waals surface area contributed by atoms with Gasteiger partial charge in [0.1, 0.15) is 0 Å². The molecule has 1 unspecified atom stereocenters. The number of carbonyl (C=O) groups is 2. The van der Waals surface area contributed by atoms with E-state index in [0.29, 0.717) is 19.6 Å². The standard InChI is InChI=1S/C40H79NO5/c1-5-8-9-10-11-18-25-35-45-39(43)30-22-13-12-16-23-31-41(33-27-34-42)32-24-17-14-20-28-37(4)40(44)46-36-26-19-15-21-29-38(6-2)7-3/h37-38,42H,5-36H2,1-4H3. The topological polar surface area (TPSA) is 76.1 Å². The van der Waals surface area contributed by atoms with Gasteiger partial charge in [0.15, 0.2) is 0 Å². The van der Waals surface area contributed by atoms with Gasteiger partial charge in [0.05, 0.1) is 19.1 Å². The molecule has 0 saturated heterocycles. The summed E-state index contributed by atoms with van der Waals surface area (Å²) in [6.45, 7) is 13.4. The Morgan fingerprint density at radius 2 is 1.04 bits per heavy atom. The zero-order chi connectivity index (χ0) is 33.9. The van der Waals surface area contributed by atoms with Crippen LogP contribution in [0.15, 0.2) is 0 Å². The van der Waals surface area contributed by atoms with Gasteiger partial charge in [0, 0.05) is 19.6 Å². The molecule has 0 spiro atoms. The third-order valence-corrected chi connectivity index (χ3v) is 9.67. The molecule has 46 heavy (non-hydrogen) atoms. The molecule has 0 rings (SSSR count). The molecule has 0 aromatic heterocycles. The summed E-state index contributed by atoms with van der Waals surface area (Å²) in [7, 11) is 0. The predicted octanol–water partition coefficient (Wildman–Crippen LogP) is 10.8. The highest BCUT2D eigenvalue weighted by atomic mass is 16.5. The van der Waals surface area contributed by atoms with Crippen molar-refractivity contribution < 1.29 is 24.2 Å². The SMILES string of the molecule is CCCCCCCCCOC(=O)CCCCCCCN(CCCO)CCCCCCC(C)C(=O)OCCCCCCC(CC)CC. The highest BCUT2D eigenvalue weighted by Crippen LogP contribution is 2.18. The van der Waals surface area contributed by atoms with Gasteiger partial charge < -0.3 is 19.5 Å². The molecule has 0 aromatic rings. The number of aliphatic hydroxyl groups is 1. The first-order valence-corrected chi connectivity index (χ1v) is 20.1. The van der Waals surface area contributed by atoms with Crippen molar-refractivity contribution in [3.8, 4) is 0 Å². The molecule has 0 radical (unpaired) electrons. The summed E-state index contributed by atoms with van der Waals surface area (Å²) in [6, 6.07) is 0. The van der Waals surface area contributed by atoms with Gasteiger partial charge in [-0.1, -0.05) is 143 Å². The number of nitrogens with zero attached hydrogens (tertiary/aromatic N) is 1. The molecule has 0 aliphatic rings. The van der Waals surface area contributed by atoms with Crippen LogP contribution >= 0.6 is 0 Å². The fraction of sp³-hybridized carbons (Fsp3) is 0.950. The highest BCUT2D eigenvalue weighted by molar-refractivity contribution is 5.71. The maximum atomic E-state index is 12.3. The Bertz CT molecular complexity index is 654. The van der Waals surface area contributed by atoms with Gasteiger partial charge in [0.25, 0.3) is 0 Å². The number of carbonyl (C=O) groups excluding carboxylic acids is 2. The van der Waals surface area contributed by atoms with E-state index in [9.17, 15) is 14.7 Å².